The quantitative estimate of drug-likeness (QED) is 0.0410. The van der Waals surface area contributed by atoms with Gasteiger partial charge in [0.1, 0.15) is 24.2 Å². The number of hydrogen-bond acceptors (Lipinski definition) is 8. The van der Waals surface area contributed by atoms with Crippen LogP contribution in [0.2, 0.25) is 0 Å². The number of hydrogen-bond donors (Lipinski definition) is 6. The molecule has 1 aliphatic rings. The molecule has 4 rings (SSSR count). The second-order valence-corrected chi connectivity index (χ2v) is 15.2. The summed E-state index contributed by atoms with van der Waals surface area (Å²) in [4.78, 5) is 73.8. The van der Waals surface area contributed by atoms with Gasteiger partial charge in [0.05, 0.1) is 17.9 Å². The topological polar surface area (TPSA) is 179 Å². The molecule has 5 amide bonds. The van der Waals surface area contributed by atoms with Crippen molar-refractivity contribution in [3.63, 3.8) is 0 Å². The molecular formula is C42H54F5N9O5. The minimum Gasteiger partial charge on any atom is -0.391 e. The number of carbonyl (C=O) groups excluding carboxylic acids is 5. The number of benzene rings is 2. The number of carbonyl (C=O) groups is 5. The molecule has 5 atom stereocenters. The predicted molar refractivity (Wildman–Crippen MR) is 215 cm³/mol. The Morgan fingerprint density at radius 3 is 2.02 bits per heavy atom. The van der Waals surface area contributed by atoms with Crippen LogP contribution in [0.3, 0.4) is 0 Å². The summed E-state index contributed by atoms with van der Waals surface area (Å²) < 4.78 is 73.6. The lowest BCUT2D eigenvalue weighted by Gasteiger charge is -2.27. The zero-order valence-electron chi connectivity index (χ0n) is 34.8. The molecule has 1 aromatic heterocycles. The van der Waals surface area contributed by atoms with Gasteiger partial charge >= 0.3 is 0 Å². The third-order valence-electron chi connectivity index (χ3n) is 10.5. The summed E-state index contributed by atoms with van der Waals surface area (Å²) in [6.45, 7) is 7.19. The Hall–Kier alpha value is -5.85. The Morgan fingerprint density at radius 2 is 1.43 bits per heavy atom. The number of likely N-dealkylation sites (N-methyl/N-ethyl adjacent to an activating group) is 1. The van der Waals surface area contributed by atoms with Crippen LogP contribution in [0.4, 0.5) is 22.0 Å². The number of unbranched alkanes of at least 4 members (excludes halogenated alkanes) is 1. The van der Waals surface area contributed by atoms with Crippen molar-refractivity contribution in [2.24, 2.45) is 13.0 Å². The lowest BCUT2D eigenvalue weighted by Crippen LogP contribution is -2.58. The van der Waals surface area contributed by atoms with Gasteiger partial charge < -0.3 is 36.5 Å². The summed E-state index contributed by atoms with van der Waals surface area (Å²) in [6, 6.07) is 3.31. The second-order valence-electron chi connectivity index (χ2n) is 15.2. The summed E-state index contributed by atoms with van der Waals surface area (Å²) in [6.07, 6.45) is 7.16. The molecule has 6 N–H and O–H groups in total. The maximum atomic E-state index is 14.8. The molecule has 0 radical (unpaired) electrons. The maximum Gasteiger partial charge on any atom is 0.243 e. The molecule has 2 aromatic carbocycles. The number of halogens is 5. The minimum atomic E-state index is -2.39. The van der Waals surface area contributed by atoms with Crippen molar-refractivity contribution in [3.8, 4) is 0 Å². The monoisotopic (exact) mass is 859 g/mol. The summed E-state index contributed by atoms with van der Waals surface area (Å²) in [5.74, 6) is -16.0. The number of aromatic nitrogens is 2. The molecule has 0 aliphatic carbocycles. The SMILES string of the molecule is CNC(=O)[C@H](CCCCN(Cc1cncn1C)C(C)C)NC(=O)[C@H](Cc1ccccc1)NC(=O)[C@H](C)NC(=O)[C@H](Cc1c(F)c(F)c(F)c(F)c1F)NC(=O)[C@@H]1C=CNCC1. The number of amides is 5. The van der Waals surface area contributed by atoms with Crippen LogP contribution < -0.4 is 31.9 Å². The molecule has 0 unspecified atom stereocenters. The van der Waals surface area contributed by atoms with E-state index in [0.717, 1.165) is 12.2 Å². The van der Waals surface area contributed by atoms with Gasteiger partial charge in [-0.15, -0.1) is 0 Å². The number of nitrogens with one attached hydrogen (secondary N) is 6. The van der Waals surface area contributed by atoms with Crippen LogP contribution in [0.25, 0.3) is 0 Å². The molecule has 3 aromatic rings. The summed E-state index contributed by atoms with van der Waals surface area (Å²) in [7, 11) is 3.36. The number of nitrogens with zero attached hydrogens (tertiary/aromatic N) is 3. The second kappa shape index (κ2) is 22.7. The molecule has 0 fully saturated rings. The molecule has 0 bridgehead atoms. The van der Waals surface area contributed by atoms with Gasteiger partial charge in [0.2, 0.25) is 35.4 Å². The number of imidazole rings is 1. The van der Waals surface area contributed by atoms with E-state index in [-0.39, 0.29) is 25.3 Å². The molecular weight excluding hydrogens is 806 g/mol. The van der Waals surface area contributed by atoms with Crippen LogP contribution in [-0.2, 0) is 50.4 Å². The first-order chi connectivity index (χ1) is 29.0. The molecule has 61 heavy (non-hydrogen) atoms. The Kier molecular flexibility index (Phi) is 17.8. The van der Waals surface area contributed by atoms with Crippen LogP contribution in [0.15, 0.2) is 55.1 Å². The van der Waals surface area contributed by atoms with E-state index in [9.17, 15) is 45.9 Å². The van der Waals surface area contributed by atoms with Gasteiger partial charge in [0.15, 0.2) is 23.3 Å². The van der Waals surface area contributed by atoms with Crippen LogP contribution in [-0.4, -0.2) is 94.3 Å². The molecule has 332 valence electrons. The average molecular weight is 860 g/mol. The highest BCUT2D eigenvalue weighted by molar-refractivity contribution is 5.95. The Bertz CT molecular complexity index is 2000. The molecule has 1 aliphatic heterocycles. The highest BCUT2D eigenvalue weighted by Crippen LogP contribution is 2.24. The van der Waals surface area contributed by atoms with E-state index < -0.39 is 101 Å². The van der Waals surface area contributed by atoms with E-state index in [0.29, 0.717) is 31.5 Å². The van der Waals surface area contributed by atoms with Crippen molar-refractivity contribution in [1.29, 1.82) is 0 Å². The molecule has 0 saturated carbocycles. The van der Waals surface area contributed by atoms with Crippen LogP contribution in [0.1, 0.15) is 63.3 Å². The number of rotatable bonds is 21. The van der Waals surface area contributed by atoms with Gasteiger partial charge in [0.25, 0.3) is 0 Å². The van der Waals surface area contributed by atoms with E-state index in [1.165, 1.54) is 26.2 Å². The van der Waals surface area contributed by atoms with Crippen molar-refractivity contribution in [2.75, 3.05) is 20.1 Å². The summed E-state index contributed by atoms with van der Waals surface area (Å²) in [5, 5.41) is 15.5. The first-order valence-electron chi connectivity index (χ1n) is 20.1. The Morgan fingerprint density at radius 1 is 0.803 bits per heavy atom. The van der Waals surface area contributed by atoms with E-state index in [4.69, 9.17) is 0 Å². The number of aryl methyl sites for hydroxylation is 1. The van der Waals surface area contributed by atoms with E-state index in [1.807, 2.05) is 17.8 Å². The fraction of sp³-hybridized carbons (Fsp3) is 0.476. The average Bonchev–Trinajstić information content (AvgIpc) is 3.66. The van der Waals surface area contributed by atoms with Crippen molar-refractivity contribution < 1.29 is 45.9 Å². The normalized spacial score (nSPS) is 15.6. The van der Waals surface area contributed by atoms with Gasteiger partial charge in [-0.25, -0.2) is 26.9 Å². The molecule has 2 heterocycles. The van der Waals surface area contributed by atoms with Gasteiger partial charge in [-0.1, -0.05) is 36.4 Å². The van der Waals surface area contributed by atoms with Gasteiger partial charge in [-0.05, 0) is 64.8 Å². The Labute approximate surface area is 351 Å². The van der Waals surface area contributed by atoms with E-state index in [2.05, 4.69) is 55.6 Å². The molecule has 0 spiro atoms. The van der Waals surface area contributed by atoms with Crippen molar-refractivity contribution >= 4 is 29.5 Å². The molecule has 14 nitrogen and oxygen atoms in total. The first-order valence-corrected chi connectivity index (χ1v) is 20.1. The predicted octanol–water partition coefficient (Wildman–Crippen LogP) is 2.81. The van der Waals surface area contributed by atoms with Crippen LogP contribution in [0, 0.1) is 35.0 Å². The highest BCUT2D eigenvalue weighted by atomic mass is 19.2. The fourth-order valence-electron chi connectivity index (χ4n) is 6.72. The molecule has 0 saturated heterocycles. The zero-order valence-corrected chi connectivity index (χ0v) is 34.8. The van der Waals surface area contributed by atoms with Crippen molar-refractivity contribution in [3.05, 3.63) is 101 Å². The van der Waals surface area contributed by atoms with Gasteiger partial charge in [0, 0.05) is 57.8 Å². The van der Waals surface area contributed by atoms with Gasteiger partial charge in [-0.2, -0.15) is 0 Å². The maximum absolute atomic E-state index is 14.8. The van der Waals surface area contributed by atoms with Crippen molar-refractivity contribution in [2.45, 2.75) is 96.1 Å². The summed E-state index contributed by atoms with van der Waals surface area (Å²) in [5.41, 5.74) is 0.350. The third kappa shape index (κ3) is 13.3. The molecule has 19 heteroatoms. The summed E-state index contributed by atoms with van der Waals surface area (Å²) >= 11 is 0. The van der Waals surface area contributed by atoms with Crippen LogP contribution >= 0.6 is 0 Å². The fourth-order valence-corrected chi connectivity index (χ4v) is 6.72. The Balaban J connectivity index is 1.47. The standard InChI is InChI=1S/C42H54F5N9O5/c1-24(2)56(22-28-21-50-23-55(28)5)18-10-9-13-30(40(59)48-4)52-42(61)31(19-26-11-7-6-8-12-26)53-38(57)25(3)51-41(60)32(54-39(58)27-14-16-49-17-15-27)20-29-33(43)35(45)37(47)36(46)34(29)44/h6-8,11-12,14,16,21,23-25,27,30-32,49H,9-10,13,15,17-20,22H2,1-5H3,(H,48,59)(H,51,60)(H,52,61)(H,53,57)(H,54,58)/t25-,27+,30-,31-,32-/m0/s1. The first kappa shape index (κ1) is 47.8. The van der Waals surface area contributed by atoms with Gasteiger partial charge in [-0.3, -0.25) is 28.9 Å². The zero-order chi connectivity index (χ0) is 44.8. The smallest absolute Gasteiger partial charge is 0.243 e. The van der Waals surface area contributed by atoms with Crippen molar-refractivity contribution in [1.82, 2.24) is 46.4 Å². The minimum absolute atomic E-state index is 0.0282. The highest BCUT2D eigenvalue weighted by Gasteiger charge is 2.34. The van der Waals surface area contributed by atoms with E-state index in [1.54, 1.807) is 36.7 Å². The largest absolute Gasteiger partial charge is 0.391 e. The lowest BCUT2D eigenvalue weighted by molar-refractivity contribution is -0.134. The van der Waals surface area contributed by atoms with Crippen LogP contribution in [0.5, 0.6) is 0 Å². The third-order valence-corrected chi connectivity index (χ3v) is 10.5. The lowest BCUT2D eigenvalue weighted by atomic mass is 9.99. The van der Waals surface area contributed by atoms with E-state index >= 15 is 0 Å².